The smallest absolute Gasteiger partial charge is 0.159 e. The molecule has 0 nitrogen and oxygen atoms in total. The lowest BCUT2D eigenvalue weighted by Gasteiger charge is -2.25. The van der Waals surface area contributed by atoms with Crippen molar-refractivity contribution in [1.29, 1.82) is 0 Å². The molecule has 0 unspecified atom stereocenters. The number of allylic oxidation sites excluding steroid dienone is 1. The van der Waals surface area contributed by atoms with Crippen molar-refractivity contribution in [3.05, 3.63) is 71.4 Å². The monoisotopic (exact) mass is 356 g/mol. The van der Waals surface area contributed by atoms with Crippen LogP contribution in [-0.4, -0.2) is 8.80 Å². The summed E-state index contributed by atoms with van der Waals surface area (Å²) in [5.41, 5.74) is 5.48. The molecule has 3 heteroatoms. The van der Waals surface area contributed by atoms with Gasteiger partial charge in [-0.1, -0.05) is 61.3 Å². The van der Waals surface area contributed by atoms with E-state index in [1.807, 2.05) is 12.1 Å². The van der Waals surface area contributed by atoms with Crippen molar-refractivity contribution in [2.24, 2.45) is 5.92 Å². The molecule has 3 rings (SSSR count). The van der Waals surface area contributed by atoms with Gasteiger partial charge in [0.05, 0.1) is 8.80 Å². The molecule has 0 atom stereocenters. The first-order valence-corrected chi connectivity index (χ1v) is 11.6. The summed E-state index contributed by atoms with van der Waals surface area (Å²) in [6.07, 6.45) is 7.41. The molecule has 132 valence electrons. The van der Waals surface area contributed by atoms with Crippen molar-refractivity contribution >= 4 is 8.80 Å². The fraction of sp³-hybridized carbons (Fsp3) is 0.364. The van der Waals surface area contributed by atoms with Crippen LogP contribution in [-0.2, 0) is 6.42 Å². The highest BCUT2D eigenvalue weighted by Crippen LogP contribution is 2.29. The van der Waals surface area contributed by atoms with Crippen LogP contribution in [0.5, 0.6) is 0 Å². The van der Waals surface area contributed by atoms with Gasteiger partial charge in [0.15, 0.2) is 11.6 Å². The topological polar surface area (TPSA) is 0 Å². The Morgan fingerprint density at radius 1 is 0.960 bits per heavy atom. The summed E-state index contributed by atoms with van der Waals surface area (Å²) < 4.78 is 26.4. The minimum atomic E-state index is -0.799. The molecule has 2 aromatic rings. The maximum atomic E-state index is 13.4. The van der Waals surface area contributed by atoms with E-state index >= 15 is 0 Å². The standard InChI is InChI=1S/C22H26F2Si/c1-2-13-25-14-11-18(12-15-25)4-3-17-5-7-19(8-6-17)20-9-10-21(23)22(24)16-20/h2,5-10,13,16,18,25H,3-4,11-12,14-15H2,1H3/t18-,25-. The van der Waals surface area contributed by atoms with Gasteiger partial charge in [0.1, 0.15) is 0 Å². The second-order valence-electron chi connectivity index (χ2n) is 7.17. The molecule has 2 aromatic carbocycles. The molecule has 0 spiro atoms. The number of hydrogen-bond acceptors (Lipinski definition) is 0. The van der Waals surface area contributed by atoms with E-state index in [-0.39, 0.29) is 0 Å². The highest BCUT2D eigenvalue weighted by atomic mass is 28.3. The van der Waals surface area contributed by atoms with Crippen LogP contribution in [0.25, 0.3) is 11.1 Å². The van der Waals surface area contributed by atoms with Gasteiger partial charge < -0.3 is 0 Å². The number of rotatable bonds is 5. The van der Waals surface area contributed by atoms with Gasteiger partial charge in [-0.15, -0.1) is 5.70 Å². The highest BCUT2D eigenvalue weighted by Gasteiger charge is 2.20. The quantitative estimate of drug-likeness (QED) is 0.550. The van der Waals surface area contributed by atoms with E-state index in [4.69, 9.17) is 0 Å². The summed E-state index contributed by atoms with van der Waals surface area (Å²) in [6, 6.07) is 15.3. The predicted molar refractivity (Wildman–Crippen MR) is 104 cm³/mol. The van der Waals surface area contributed by atoms with Crippen LogP contribution >= 0.6 is 0 Å². The van der Waals surface area contributed by atoms with Gasteiger partial charge in [0.25, 0.3) is 0 Å². The average molecular weight is 357 g/mol. The van der Waals surface area contributed by atoms with Crippen LogP contribution in [0.3, 0.4) is 0 Å². The molecule has 1 heterocycles. The van der Waals surface area contributed by atoms with Crippen molar-refractivity contribution in [1.82, 2.24) is 0 Å². The lowest BCUT2D eigenvalue weighted by atomic mass is 9.93. The van der Waals surface area contributed by atoms with E-state index in [0.29, 0.717) is 0 Å². The normalized spacial score (nSPS) is 20.9. The third-order valence-electron chi connectivity index (χ3n) is 5.40. The molecule has 1 aliphatic rings. The van der Waals surface area contributed by atoms with Crippen LogP contribution in [0.1, 0.15) is 31.7 Å². The van der Waals surface area contributed by atoms with Crippen LogP contribution in [0.2, 0.25) is 12.1 Å². The number of aryl methyl sites for hydroxylation is 1. The van der Waals surface area contributed by atoms with E-state index < -0.39 is 20.4 Å². The van der Waals surface area contributed by atoms with Gasteiger partial charge in [-0.3, -0.25) is 0 Å². The number of hydrogen-bond donors (Lipinski definition) is 0. The Labute approximate surface area is 151 Å². The summed E-state index contributed by atoms with van der Waals surface area (Å²) in [5.74, 6) is -0.717. The van der Waals surface area contributed by atoms with E-state index in [1.54, 1.807) is 6.07 Å². The Kier molecular flexibility index (Phi) is 6.19. The van der Waals surface area contributed by atoms with Crippen molar-refractivity contribution in [2.75, 3.05) is 0 Å². The Hall–Kier alpha value is -1.74. The van der Waals surface area contributed by atoms with E-state index in [0.717, 1.165) is 23.5 Å². The van der Waals surface area contributed by atoms with Gasteiger partial charge >= 0.3 is 0 Å². The van der Waals surface area contributed by atoms with Crippen LogP contribution in [0, 0.1) is 17.6 Å². The highest BCUT2D eigenvalue weighted by molar-refractivity contribution is 6.64. The molecule has 0 saturated carbocycles. The predicted octanol–water partition coefficient (Wildman–Crippen LogP) is 6.32. The summed E-state index contributed by atoms with van der Waals surface area (Å²) in [7, 11) is -0.551. The first-order chi connectivity index (χ1) is 12.2. The fourth-order valence-corrected chi connectivity index (χ4v) is 6.87. The van der Waals surface area contributed by atoms with Crippen molar-refractivity contribution in [3.8, 4) is 11.1 Å². The zero-order valence-electron chi connectivity index (χ0n) is 14.8. The van der Waals surface area contributed by atoms with E-state index in [2.05, 4.69) is 30.8 Å². The Morgan fingerprint density at radius 3 is 2.28 bits per heavy atom. The molecule has 0 bridgehead atoms. The van der Waals surface area contributed by atoms with Crippen LogP contribution in [0.4, 0.5) is 8.78 Å². The van der Waals surface area contributed by atoms with Crippen molar-refractivity contribution in [3.63, 3.8) is 0 Å². The molecular formula is C22H26F2Si. The summed E-state index contributed by atoms with van der Waals surface area (Å²) in [6.45, 7) is 2.14. The first kappa shape index (κ1) is 18.1. The van der Waals surface area contributed by atoms with Crippen LogP contribution < -0.4 is 0 Å². The van der Waals surface area contributed by atoms with Crippen molar-refractivity contribution in [2.45, 2.75) is 44.7 Å². The second kappa shape index (κ2) is 8.57. The molecule has 0 amide bonds. The zero-order chi connectivity index (χ0) is 17.6. The molecule has 1 aliphatic heterocycles. The SMILES string of the molecule is CC=C[Si@H]1CC[C@H](CCc2ccc(-c3ccc(F)c(F)c3)cc2)CC1. The molecule has 1 saturated heterocycles. The third-order valence-corrected chi connectivity index (χ3v) is 8.48. The lowest BCUT2D eigenvalue weighted by Crippen LogP contribution is -2.19. The zero-order valence-corrected chi connectivity index (χ0v) is 16.0. The minimum Gasteiger partial charge on any atom is -0.204 e. The van der Waals surface area contributed by atoms with Crippen LogP contribution in [0.15, 0.2) is 54.2 Å². The van der Waals surface area contributed by atoms with E-state index in [9.17, 15) is 8.78 Å². The summed E-state index contributed by atoms with van der Waals surface area (Å²) >= 11 is 0. The van der Waals surface area contributed by atoms with Gasteiger partial charge in [-0.25, -0.2) is 8.78 Å². The molecular weight excluding hydrogens is 330 g/mol. The average Bonchev–Trinajstić information content (AvgIpc) is 2.64. The van der Waals surface area contributed by atoms with Gasteiger partial charge in [0.2, 0.25) is 0 Å². The molecule has 25 heavy (non-hydrogen) atoms. The van der Waals surface area contributed by atoms with Gasteiger partial charge in [-0.2, -0.15) is 0 Å². The van der Waals surface area contributed by atoms with Crippen molar-refractivity contribution < 1.29 is 8.78 Å². The Balaban J connectivity index is 1.54. The molecule has 0 aliphatic carbocycles. The van der Waals surface area contributed by atoms with E-state index in [1.165, 1.54) is 49.0 Å². The second-order valence-corrected chi connectivity index (χ2v) is 10.2. The summed E-state index contributed by atoms with van der Waals surface area (Å²) in [5, 5.41) is 0. The largest absolute Gasteiger partial charge is 0.204 e. The Bertz CT molecular complexity index is 713. The summed E-state index contributed by atoms with van der Waals surface area (Å²) in [4.78, 5) is 0. The lowest BCUT2D eigenvalue weighted by molar-refractivity contribution is 0.439. The molecule has 0 radical (unpaired) electrons. The number of halogens is 2. The first-order valence-electron chi connectivity index (χ1n) is 9.33. The van der Waals surface area contributed by atoms with Gasteiger partial charge in [0, 0.05) is 0 Å². The molecule has 1 fully saturated rings. The molecule has 0 aromatic heterocycles. The third kappa shape index (κ3) is 4.88. The maximum Gasteiger partial charge on any atom is 0.159 e. The molecule has 0 N–H and O–H groups in total. The Morgan fingerprint density at radius 2 is 1.64 bits per heavy atom. The fourth-order valence-electron chi connectivity index (χ4n) is 3.85. The maximum absolute atomic E-state index is 13.4. The minimum absolute atomic E-state index is 0.551. The number of benzene rings is 2. The van der Waals surface area contributed by atoms with Gasteiger partial charge in [-0.05, 0) is 54.5 Å².